The first-order valence-corrected chi connectivity index (χ1v) is 6.71. The lowest BCUT2D eigenvalue weighted by Crippen LogP contribution is -2.56. The Morgan fingerprint density at radius 2 is 1.71 bits per heavy atom. The van der Waals surface area contributed by atoms with Crippen molar-refractivity contribution >= 4 is 29.5 Å². The van der Waals surface area contributed by atoms with Gasteiger partial charge in [0.2, 0.25) is 5.54 Å². The minimum atomic E-state index is -2.00. The van der Waals surface area contributed by atoms with Crippen LogP contribution in [0, 0.1) is 0 Å². The van der Waals surface area contributed by atoms with Crippen molar-refractivity contribution in [2.45, 2.75) is 25.8 Å². The molecule has 0 heterocycles. The number of benzene rings is 1. The number of carbonyl (C=O) groups excluding carboxylic acids is 3. The van der Waals surface area contributed by atoms with Crippen LogP contribution in [0.2, 0.25) is 5.02 Å². The summed E-state index contributed by atoms with van der Waals surface area (Å²) in [6.45, 7) is 3.17. The molecule has 0 aliphatic carbocycles. The first-order chi connectivity index (χ1) is 9.85. The molecule has 21 heavy (non-hydrogen) atoms. The second kappa shape index (κ2) is 7.19. The highest BCUT2D eigenvalue weighted by molar-refractivity contribution is 6.30. The summed E-state index contributed by atoms with van der Waals surface area (Å²) in [5, 5.41) is 0.436. The molecule has 0 amide bonds. The van der Waals surface area contributed by atoms with Crippen LogP contribution in [0.3, 0.4) is 0 Å². The zero-order chi connectivity index (χ0) is 16.0. The molecule has 0 radical (unpaired) electrons. The number of nitrogens with two attached hydrogens (primary N) is 1. The lowest BCUT2D eigenvalue weighted by atomic mass is 9.98. The average molecular weight is 314 g/mol. The van der Waals surface area contributed by atoms with E-state index in [1.807, 2.05) is 0 Å². The summed E-state index contributed by atoms with van der Waals surface area (Å²) in [6.07, 6.45) is -0.0570. The fourth-order valence-electron chi connectivity index (χ4n) is 1.45. The maximum absolute atomic E-state index is 12.0. The van der Waals surface area contributed by atoms with Gasteiger partial charge in [0.05, 0.1) is 12.2 Å². The summed E-state index contributed by atoms with van der Waals surface area (Å²) in [6, 6.07) is 5.74. The van der Waals surface area contributed by atoms with Gasteiger partial charge in [0.15, 0.2) is 0 Å². The Bertz CT molecular complexity index is 543. The molecule has 1 rings (SSSR count). The summed E-state index contributed by atoms with van der Waals surface area (Å²) < 4.78 is 9.38. The van der Waals surface area contributed by atoms with Crippen LogP contribution in [0.15, 0.2) is 24.3 Å². The van der Waals surface area contributed by atoms with Gasteiger partial charge < -0.3 is 15.2 Å². The van der Waals surface area contributed by atoms with Gasteiger partial charge in [-0.3, -0.25) is 0 Å². The standard InChI is InChI=1S/C14H16ClNO5/c1-3-14(16,12(18)20-4-2)13(19)21-11(17)9-5-7-10(15)8-6-9/h5-8H,3-4,16H2,1-2H3. The van der Waals surface area contributed by atoms with Crippen LogP contribution in [0.1, 0.15) is 30.6 Å². The number of halogens is 1. The molecule has 1 unspecified atom stereocenters. The van der Waals surface area contributed by atoms with Crippen LogP contribution in [0.4, 0.5) is 0 Å². The second-order valence-electron chi connectivity index (χ2n) is 4.23. The molecule has 0 aliphatic rings. The maximum Gasteiger partial charge on any atom is 0.345 e. The van der Waals surface area contributed by atoms with Crippen molar-refractivity contribution in [1.82, 2.24) is 0 Å². The number of hydrogen-bond donors (Lipinski definition) is 1. The maximum atomic E-state index is 12.0. The Labute approximate surface area is 127 Å². The Hall–Kier alpha value is -1.92. The molecule has 0 aromatic heterocycles. The Morgan fingerprint density at radius 3 is 2.19 bits per heavy atom. The van der Waals surface area contributed by atoms with E-state index >= 15 is 0 Å². The summed E-state index contributed by atoms with van der Waals surface area (Å²) in [5.41, 5.74) is 3.82. The summed E-state index contributed by atoms with van der Waals surface area (Å²) in [5.74, 6) is -2.99. The Balaban J connectivity index is 2.85. The van der Waals surface area contributed by atoms with E-state index in [-0.39, 0.29) is 18.6 Å². The Morgan fingerprint density at radius 1 is 1.14 bits per heavy atom. The van der Waals surface area contributed by atoms with Crippen molar-refractivity contribution < 1.29 is 23.9 Å². The molecular formula is C14H16ClNO5. The van der Waals surface area contributed by atoms with Crippen molar-refractivity contribution in [3.63, 3.8) is 0 Å². The van der Waals surface area contributed by atoms with Crippen LogP contribution < -0.4 is 5.73 Å². The van der Waals surface area contributed by atoms with Gasteiger partial charge in [-0.25, -0.2) is 14.4 Å². The van der Waals surface area contributed by atoms with Gasteiger partial charge >= 0.3 is 17.9 Å². The van der Waals surface area contributed by atoms with E-state index in [0.717, 1.165) is 0 Å². The molecule has 1 aromatic rings. The van der Waals surface area contributed by atoms with Gasteiger partial charge in [0, 0.05) is 5.02 Å². The predicted octanol–water partition coefficient (Wildman–Crippen LogP) is 1.69. The lowest BCUT2D eigenvalue weighted by Gasteiger charge is -2.22. The van der Waals surface area contributed by atoms with Crippen molar-refractivity contribution in [2.75, 3.05) is 6.61 Å². The summed E-state index contributed by atoms with van der Waals surface area (Å²) in [7, 11) is 0. The predicted molar refractivity (Wildman–Crippen MR) is 75.7 cm³/mol. The van der Waals surface area contributed by atoms with Gasteiger partial charge in [-0.15, -0.1) is 0 Å². The molecule has 1 atom stereocenters. The molecule has 0 saturated heterocycles. The van der Waals surface area contributed by atoms with Crippen LogP contribution >= 0.6 is 11.6 Å². The first-order valence-electron chi connectivity index (χ1n) is 6.33. The first kappa shape index (κ1) is 17.1. The third-order valence-electron chi connectivity index (χ3n) is 2.83. The van der Waals surface area contributed by atoms with E-state index in [4.69, 9.17) is 22.1 Å². The SMILES string of the molecule is CCOC(=O)C(N)(CC)C(=O)OC(=O)c1ccc(Cl)cc1. The van der Waals surface area contributed by atoms with Crippen molar-refractivity contribution in [1.29, 1.82) is 0 Å². The van der Waals surface area contributed by atoms with Gasteiger partial charge in [-0.1, -0.05) is 18.5 Å². The fourth-order valence-corrected chi connectivity index (χ4v) is 1.58. The van der Waals surface area contributed by atoms with E-state index in [9.17, 15) is 14.4 Å². The minimum Gasteiger partial charge on any atom is -0.464 e. The smallest absolute Gasteiger partial charge is 0.345 e. The molecule has 114 valence electrons. The molecule has 0 fully saturated rings. The summed E-state index contributed by atoms with van der Waals surface area (Å²) >= 11 is 5.69. The molecule has 6 nitrogen and oxygen atoms in total. The van der Waals surface area contributed by atoms with Gasteiger partial charge in [-0.2, -0.15) is 0 Å². The topological polar surface area (TPSA) is 95.7 Å². The molecular weight excluding hydrogens is 298 g/mol. The number of rotatable bonds is 5. The zero-order valence-electron chi connectivity index (χ0n) is 11.7. The largest absolute Gasteiger partial charge is 0.464 e. The normalized spacial score (nSPS) is 13.1. The number of ether oxygens (including phenoxy) is 2. The van der Waals surface area contributed by atoms with Gasteiger partial charge in [0.25, 0.3) is 0 Å². The highest BCUT2D eigenvalue weighted by atomic mass is 35.5. The van der Waals surface area contributed by atoms with Crippen LogP contribution in [0.25, 0.3) is 0 Å². The Kier molecular flexibility index (Phi) is 5.87. The number of hydrogen-bond acceptors (Lipinski definition) is 6. The molecule has 2 N–H and O–H groups in total. The van der Waals surface area contributed by atoms with Crippen LogP contribution in [0.5, 0.6) is 0 Å². The molecule has 0 spiro atoms. The highest BCUT2D eigenvalue weighted by Gasteiger charge is 2.44. The number of carbonyl (C=O) groups is 3. The van der Waals surface area contributed by atoms with Crippen LogP contribution in [-0.4, -0.2) is 30.1 Å². The quantitative estimate of drug-likeness (QED) is 0.656. The average Bonchev–Trinajstić information content (AvgIpc) is 2.47. The lowest BCUT2D eigenvalue weighted by molar-refractivity contribution is -0.161. The highest BCUT2D eigenvalue weighted by Crippen LogP contribution is 2.15. The minimum absolute atomic E-state index is 0.0570. The van der Waals surface area contributed by atoms with E-state index in [1.54, 1.807) is 6.92 Å². The van der Waals surface area contributed by atoms with E-state index in [1.165, 1.54) is 31.2 Å². The van der Waals surface area contributed by atoms with Crippen molar-refractivity contribution in [2.24, 2.45) is 5.73 Å². The van der Waals surface area contributed by atoms with Gasteiger partial charge in [0.1, 0.15) is 0 Å². The van der Waals surface area contributed by atoms with E-state index in [0.29, 0.717) is 5.02 Å². The molecule has 0 bridgehead atoms. The third-order valence-corrected chi connectivity index (χ3v) is 3.08. The monoisotopic (exact) mass is 313 g/mol. The van der Waals surface area contributed by atoms with Crippen molar-refractivity contribution in [3.8, 4) is 0 Å². The van der Waals surface area contributed by atoms with Crippen molar-refractivity contribution in [3.05, 3.63) is 34.9 Å². The van der Waals surface area contributed by atoms with E-state index in [2.05, 4.69) is 4.74 Å². The van der Waals surface area contributed by atoms with E-state index < -0.39 is 23.4 Å². The summed E-state index contributed by atoms with van der Waals surface area (Å²) in [4.78, 5) is 35.5. The molecule has 0 aliphatic heterocycles. The second-order valence-corrected chi connectivity index (χ2v) is 4.67. The van der Waals surface area contributed by atoms with Gasteiger partial charge in [-0.05, 0) is 37.6 Å². The fraction of sp³-hybridized carbons (Fsp3) is 0.357. The molecule has 7 heteroatoms. The zero-order valence-corrected chi connectivity index (χ0v) is 12.5. The molecule has 1 aromatic carbocycles. The molecule has 0 saturated carbocycles. The van der Waals surface area contributed by atoms with Crippen LogP contribution in [-0.2, 0) is 19.1 Å². The number of esters is 3. The third kappa shape index (κ3) is 4.03.